The molecule has 0 aliphatic carbocycles. The third-order valence-corrected chi connectivity index (χ3v) is 3.18. The van der Waals surface area contributed by atoms with Gasteiger partial charge in [0.1, 0.15) is 11.8 Å². The molecule has 5 nitrogen and oxygen atoms in total. The molecule has 3 N–H and O–H groups in total. The largest absolute Gasteiger partial charge is 0.497 e. The quantitative estimate of drug-likeness (QED) is 0.811. The molecule has 1 heterocycles. The number of methoxy groups -OCH3 is 1. The summed E-state index contributed by atoms with van der Waals surface area (Å²) >= 11 is 0. The third kappa shape index (κ3) is 2.56. The van der Waals surface area contributed by atoms with E-state index in [4.69, 9.17) is 10.5 Å². The molecule has 1 atom stereocenters. The van der Waals surface area contributed by atoms with E-state index < -0.39 is 0 Å². The zero-order chi connectivity index (χ0) is 13.0. The van der Waals surface area contributed by atoms with Crippen LogP contribution in [0.5, 0.6) is 5.75 Å². The Kier molecular flexibility index (Phi) is 4.04. The number of ether oxygens (including phenoxy) is 1. The molecule has 1 saturated heterocycles. The second kappa shape index (κ2) is 5.73. The maximum Gasteiger partial charge on any atom is 0.244 e. The van der Waals surface area contributed by atoms with Crippen molar-refractivity contribution in [3.8, 4) is 5.75 Å². The molecule has 0 saturated carbocycles. The van der Waals surface area contributed by atoms with Crippen molar-refractivity contribution >= 4 is 11.6 Å². The van der Waals surface area contributed by atoms with Crippen LogP contribution in [-0.2, 0) is 4.79 Å². The highest BCUT2D eigenvalue weighted by atomic mass is 16.5. The zero-order valence-electron chi connectivity index (χ0n) is 10.6. The lowest BCUT2D eigenvalue weighted by atomic mass is 10.2. The fraction of sp³-hybridized carbons (Fsp3) is 0.462. The number of benzene rings is 1. The molecule has 2 rings (SSSR count). The van der Waals surface area contributed by atoms with Crippen LogP contribution in [0.25, 0.3) is 0 Å². The molecule has 98 valence electrons. The number of nitrogens with two attached hydrogens (primary N) is 1. The van der Waals surface area contributed by atoms with Crippen LogP contribution in [0.15, 0.2) is 24.3 Å². The lowest BCUT2D eigenvalue weighted by Gasteiger charge is -2.29. The summed E-state index contributed by atoms with van der Waals surface area (Å²) in [5.74, 6) is 0.813. The van der Waals surface area contributed by atoms with E-state index in [2.05, 4.69) is 10.2 Å². The number of carbonyl (C=O) groups is 1. The van der Waals surface area contributed by atoms with Gasteiger partial charge in [0.2, 0.25) is 5.91 Å². The summed E-state index contributed by atoms with van der Waals surface area (Å²) in [6.45, 7) is 1.85. The lowest BCUT2D eigenvalue weighted by Crippen LogP contribution is -2.49. The first-order chi connectivity index (χ1) is 8.76. The van der Waals surface area contributed by atoms with Crippen LogP contribution in [0.4, 0.5) is 5.69 Å². The summed E-state index contributed by atoms with van der Waals surface area (Å²) in [5.41, 5.74) is 6.72. The third-order valence-electron chi connectivity index (χ3n) is 3.18. The number of hydrogen-bond acceptors (Lipinski definition) is 4. The number of anilines is 1. The summed E-state index contributed by atoms with van der Waals surface area (Å²) in [5, 5.41) is 2.88. The fourth-order valence-electron chi connectivity index (χ4n) is 2.19. The molecular formula is C13H19N3O2. The fourth-order valence-corrected chi connectivity index (χ4v) is 2.19. The van der Waals surface area contributed by atoms with Crippen molar-refractivity contribution in [3.63, 3.8) is 0 Å². The Morgan fingerprint density at radius 1 is 1.44 bits per heavy atom. The van der Waals surface area contributed by atoms with Crippen molar-refractivity contribution < 1.29 is 9.53 Å². The SMILES string of the molecule is COc1ccc(N2CCCNC(=O)C2CN)cc1. The van der Waals surface area contributed by atoms with Gasteiger partial charge in [0, 0.05) is 25.3 Å². The molecular weight excluding hydrogens is 230 g/mol. The van der Waals surface area contributed by atoms with E-state index in [1.807, 2.05) is 24.3 Å². The smallest absolute Gasteiger partial charge is 0.244 e. The highest BCUT2D eigenvalue weighted by molar-refractivity contribution is 5.86. The average molecular weight is 249 g/mol. The van der Waals surface area contributed by atoms with Crippen molar-refractivity contribution in [2.75, 3.05) is 31.6 Å². The second-order valence-corrected chi connectivity index (χ2v) is 4.29. The van der Waals surface area contributed by atoms with E-state index in [0.29, 0.717) is 13.1 Å². The molecule has 0 spiro atoms. The van der Waals surface area contributed by atoms with Crippen molar-refractivity contribution in [1.82, 2.24) is 5.32 Å². The first-order valence-corrected chi connectivity index (χ1v) is 6.14. The van der Waals surface area contributed by atoms with Gasteiger partial charge in [-0.2, -0.15) is 0 Å². The first-order valence-electron chi connectivity index (χ1n) is 6.14. The standard InChI is InChI=1S/C13H19N3O2/c1-18-11-5-3-10(4-6-11)16-8-2-7-15-13(17)12(16)9-14/h3-6,12H,2,7-9,14H2,1H3,(H,15,17). The van der Waals surface area contributed by atoms with Gasteiger partial charge >= 0.3 is 0 Å². The molecule has 1 unspecified atom stereocenters. The van der Waals surface area contributed by atoms with Crippen LogP contribution in [0, 0.1) is 0 Å². The molecule has 1 fully saturated rings. The Bertz CT molecular complexity index is 405. The number of rotatable bonds is 3. The second-order valence-electron chi connectivity index (χ2n) is 4.29. The van der Waals surface area contributed by atoms with Crippen molar-refractivity contribution in [3.05, 3.63) is 24.3 Å². The first kappa shape index (κ1) is 12.7. The van der Waals surface area contributed by atoms with E-state index in [-0.39, 0.29) is 11.9 Å². The van der Waals surface area contributed by atoms with Crippen LogP contribution in [-0.4, -0.2) is 38.7 Å². The molecule has 0 aromatic heterocycles. The van der Waals surface area contributed by atoms with Gasteiger partial charge in [0.05, 0.1) is 7.11 Å². The highest BCUT2D eigenvalue weighted by Crippen LogP contribution is 2.22. The van der Waals surface area contributed by atoms with Gasteiger partial charge in [-0.25, -0.2) is 0 Å². The molecule has 1 aromatic carbocycles. The Morgan fingerprint density at radius 3 is 2.78 bits per heavy atom. The van der Waals surface area contributed by atoms with Gasteiger partial charge in [0.25, 0.3) is 0 Å². The highest BCUT2D eigenvalue weighted by Gasteiger charge is 2.26. The monoisotopic (exact) mass is 249 g/mol. The minimum absolute atomic E-state index is 0.00539. The van der Waals surface area contributed by atoms with E-state index in [1.54, 1.807) is 7.11 Å². The Labute approximate surface area is 107 Å². The predicted octanol–water partition coefficient (Wildman–Crippen LogP) is 0.349. The van der Waals surface area contributed by atoms with Gasteiger partial charge in [-0.15, -0.1) is 0 Å². The molecule has 1 aliphatic rings. The van der Waals surface area contributed by atoms with Crippen LogP contribution in [0.2, 0.25) is 0 Å². The van der Waals surface area contributed by atoms with Crippen LogP contribution < -0.4 is 20.7 Å². The van der Waals surface area contributed by atoms with E-state index >= 15 is 0 Å². The topological polar surface area (TPSA) is 67.6 Å². The van der Waals surface area contributed by atoms with Crippen LogP contribution in [0.3, 0.4) is 0 Å². The summed E-state index contributed by atoms with van der Waals surface area (Å²) in [6, 6.07) is 7.42. The molecule has 0 bridgehead atoms. The Morgan fingerprint density at radius 2 is 2.17 bits per heavy atom. The summed E-state index contributed by atoms with van der Waals surface area (Å²) in [4.78, 5) is 14.0. The van der Waals surface area contributed by atoms with Crippen LogP contribution in [0.1, 0.15) is 6.42 Å². The van der Waals surface area contributed by atoms with Gasteiger partial charge in [-0.1, -0.05) is 0 Å². The van der Waals surface area contributed by atoms with Crippen molar-refractivity contribution in [1.29, 1.82) is 0 Å². The Hall–Kier alpha value is -1.75. The zero-order valence-corrected chi connectivity index (χ0v) is 10.6. The van der Waals surface area contributed by atoms with Gasteiger partial charge in [-0.3, -0.25) is 4.79 Å². The van der Waals surface area contributed by atoms with Crippen molar-refractivity contribution in [2.24, 2.45) is 5.73 Å². The molecule has 1 aliphatic heterocycles. The van der Waals surface area contributed by atoms with E-state index in [1.165, 1.54) is 0 Å². The normalized spacial score (nSPS) is 20.2. The number of amides is 1. The maximum absolute atomic E-state index is 11.9. The van der Waals surface area contributed by atoms with Crippen molar-refractivity contribution in [2.45, 2.75) is 12.5 Å². The van der Waals surface area contributed by atoms with Gasteiger partial charge in [0.15, 0.2) is 0 Å². The van der Waals surface area contributed by atoms with Gasteiger partial charge < -0.3 is 20.7 Å². The van der Waals surface area contributed by atoms with E-state index in [0.717, 1.165) is 24.4 Å². The summed E-state index contributed by atoms with van der Waals surface area (Å²) < 4.78 is 5.13. The summed E-state index contributed by atoms with van der Waals surface area (Å²) in [7, 11) is 1.64. The minimum atomic E-state index is -0.291. The number of hydrogen-bond donors (Lipinski definition) is 2. The Balaban J connectivity index is 2.24. The molecule has 18 heavy (non-hydrogen) atoms. The average Bonchev–Trinajstić information content (AvgIpc) is 2.60. The van der Waals surface area contributed by atoms with E-state index in [9.17, 15) is 4.79 Å². The lowest BCUT2D eigenvalue weighted by molar-refractivity contribution is -0.121. The number of carbonyl (C=O) groups excluding carboxylic acids is 1. The molecule has 5 heteroatoms. The molecule has 1 amide bonds. The molecule has 1 aromatic rings. The number of nitrogens with one attached hydrogen (secondary N) is 1. The number of nitrogens with zero attached hydrogens (tertiary/aromatic N) is 1. The summed E-state index contributed by atoms with van der Waals surface area (Å²) in [6.07, 6.45) is 0.925. The minimum Gasteiger partial charge on any atom is -0.497 e. The maximum atomic E-state index is 11.9. The van der Waals surface area contributed by atoms with Gasteiger partial charge in [-0.05, 0) is 30.7 Å². The molecule has 0 radical (unpaired) electrons. The van der Waals surface area contributed by atoms with Crippen LogP contribution >= 0.6 is 0 Å². The predicted molar refractivity (Wildman–Crippen MR) is 70.8 cm³/mol.